The predicted octanol–water partition coefficient (Wildman–Crippen LogP) is 2.62. The number of aliphatic hydroxyl groups is 2. The van der Waals surface area contributed by atoms with Crippen molar-refractivity contribution in [3.63, 3.8) is 0 Å². The van der Waals surface area contributed by atoms with Gasteiger partial charge in [-0.1, -0.05) is 12.1 Å². The molecule has 0 aliphatic carbocycles. The van der Waals surface area contributed by atoms with E-state index < -0.39 is 42.2 Å². The Balaban J connectivity index is 2.96. The molecular weight excluding hydrogens is 315 g/mol. The van der Waals surface area contributed by atoms with Crippen LogP contribution in [0.4, 0.5) is 18.0 Å². The lowest BCUT2D eigenvalue weighted by Crippen LogP contribution is -2.40. The number of alkyl carbamates (subject to hydrolysis) is 1. The number of alkyl halides is 3. The Kier molecular flexibility index (Phi) is 6.01. The molecule has 0 fully saturated rings. The van der Waals surface area contributed by atoms with Gasteiger partial charge in [-0.3, -0.25) is 0 Å². The summed E-state index contributed by atoms with van der Waals surface area (Å²) in [6.45, 7) is 4.24. The summed E-state index contributed by atoms with van der Waals surface area (Å²) < 4.78 is 42.7. The van der Waals surface area contributed by atoms with Crippen molar-refractivity contribution in [2.75, 3.05) is 6.61 Å². The fraction of sp³-hybridized carbons (Fsp3) is 0.533. The topological polar surface area (TPSA) is 78.8 Å². The smallest absolute Gasteiger partial charge is 0.416 e. The summed E-state index contributed by atoms with van der Waals surface area (Å²) in [4.78, 5) is 11.8. The summed E-state index contributed by atoms with van der Waals surface area (Å²) in [5.74, 6) is 0. The van der Waals surface area contributed by atoms with Gasteiger partial charge in [0, 0.05) is 0 Å². The maximum atomic E-state index is 12.6. The van der Waals surface area contributed by atoms with Gasteiger partial charge in [-0.15, -0.1) is 0 Å². The fourth-order valence-corrected chi connectivity index (χ4v) is 1.82. The van der Waals surface area contributed by atoms with Crippen LogP contribution in [0.5, 0.6) is 0 Å². The van der Waals surface area contributed by atoms with E-state index in [1.807, 2.05) is 0 Å². The second kappa shape index (κ2) is 7.18. The van der Waals surface area contributed by atoms with Crippen molar-refractivity contribution in [2.24, 2.45) is 0 Å². The molecule has 0 aliphatic rings. The van der Waals surface area contributed by atoms with E-state index in [9.17, 15) is 23.1 Å². The highest BCUT2D eigenvalue weighted by atomic mass is 19.4. The zero-order valence-electron chi connectivity index (χ0n) is 13.0. The Labute approximate surface area is 132 Å². The second-order valence-corrected chi connectivity index (χ2v) is 5.99. The molecule has 1 aromatic carbocycles. The molecule has 5 nitrogen and oxygen atoms in total. The number of aliphatic hydroxyl groups excluding tert-OH is 2. The largest absolute Gasteiger partial charge is 0.444 e. The van der Waals surface area contributed by atoms with Gasteiger partial charge in [-0.2, -0.15) is 13.2 Å². The van der Waals surface area contributed by atoms with Crippen LogP contribution in [0.25, 0.3) is 0 Å². The maximum Gasteiger partial charge on any atom is 0.416 e. The van der Waals surface area contributed by atoms with Crippen molar-refractivity contribution in [1.82, 2.24) is 5.32 Å². The van der Waals surface area contributed by atoms with Crippen LogP contribution in [0.3, 0.4) is 0 Å². The average molecular weight is 335 g/mol. The lowest BCUT2D eigenvalue weighted by atomic mass is 10.0. The van der Waals surface area contributed by atoms with E-state index in [0.717, 1.165) is 24.3 Å². The van der Waals surface area contributed by atoms with Crippen LogP contribution in [0.1, 0.15) is 37.9 Å². The molecule has 0 aromatic heterocycles. The van der Waals surface area contributed by atoms with Gasteiger partial charge < -0.3 is 20.3 Å². The van der Waals surface area contributed by atoms with Gasteiger partial charge in [0.1, 0.15) is 11.7 Å². The summed E-state index contributed by atoms with van der Waals surface area (Å²) in [5, 5.41) is 21.2. The number of carbonyl (C=O) groups excluding carboxylic acids is 1. The zero-order chi connectivity index (χ0) is 17.8. The number of hydrogen-bond donors (Lipinski definition) is 3. The molecule has 0 unspecified atom stereocenters. The van der Waals surface area contributed by atoms with E-state index in [2.05, 4.69) is 5.32 Å². The molecular formula is C15H20F3NO4. The summed E-state index contributed by atoms with van der Waals surface area (Å²) in [6, 6.07) is 2.83. The van der Waals surface area contributed by atoms with Crippen LogP contribution >= 0.6 is 0 Å². The van der Waals surface area contributed by atoms with Gasteiger partial charge in [0.25, 0.3) is 0 Å². The number of amides is 1. The van der Waals surface area contributed by atoms with Gasteiger partial charge in [-0.05, 0) is 38.5 Å². The summed E-state index contributed by atoms with van der Waals surface area (Å²) in [5.41, 5.74) is -1.42. The van der Waals surface area contributed by atoms with Gasteiger partial charge in [0.15, 0.2) is 0 Å². The lowest BCUT2D eigenvalue weighted by Gasteiger charge is -2.26. The summed E-state index contributed by atoms with van der Waals surface area (Å²) in [7, 11) is 0. The predicted molar refractivity (Wildman–Crippen MR) is 76.6 cm³/mol. The Hall–Kier alpha value is -1.80. The summed E-state index contributed by atoms with van der Waals surface area (Å²) in [6.07, 6.45) is -6.73. The second-order valence-electron chi connectivity index (χ2n) is 5.99. The third kappa shape index (κ3) is 6.07. The van der Waals surface area contributed by atoms with E-state index in [1.165, 1.54) is 0 Å². The minimum atomic E-state index is -4.48. The first-order chi connectivity index (χ1) is 10.4. The van der Waals surface area contributed by atoms with Crippen molar-refractivity contribution in [1.29, 1.82) is 0 Å². The SMILES string of the molecule is CC(C)(C)OC(=O)N[C@@H](c1ccc(C(F)(F)F)cc1)[C@@H](O)CO. The van der Waals surface area contributed by atoms with Crippen LogP contribution in [-0.4, -0.2) is 34.6 Å². The highest BCUT2D eigenvalue weighted by molar-refractivity contribution is 5.68. The molecule has 0 bridgehead atoms. The van der Waals surface area contributed by atoms with Crippen molar-refractivity contribution >= 4 is 6.09 Å². The molecule has 1 rings (SSSR count). The number of ether oxygens (including phenoxy) is 1. The molecule has 1 aromatic rings. The van der Waals surface area contributed by atoms with Crippen molar-refractivity contribution < 1.29 is 32.9 Å². The molecule has 0 heterocycles. The van der Waals surface area contributed by atoms with Gasteiger partial charge in [-0.25, -0.2) is 4.79 Å². The van der Waals surface area contributed by atoms with Crippen LogP contribution in [0.2, 0.25) is 0 Å². The molecule has 23 heavy (non-hydrogen) atoms. The van der Waals surface area contributed by atoms with Crippen LogP contribution in [-0.2, 0) is 10.9 Å². The Morgan fingerprint density at radius 2 is 1.74 bits per heavy atom. The summed E-state index contributed by atoms with van der Waals surface area (Å²) >= 11 is 0. The van der Waals surface area contributed by atoms with Gasteiger partial charge in [0.05, 0.1) is 18.2 Å². The van der Waals surface area contributed by atoms with Crippen LogP contribution in [0, 0.1) is 0 Å². The Bertz CT molecular complexity index is 523. The van der Waals surface area contributed by atoms with E-state index in [0.29, 0.717) is 0 Å². The molecule has 2 atom stereocenters. The lowest BCUT2D eigenvalue weighted by molar-refractivity contribution is -0.137. The third-order valence-corrected chi connectivity index (χ3v) is 2.84. The fourth-order valence-electron chi connectivity index (χ4n) is 1.82. The van der Waals surface area contributed by atoms with E-state index in [-0.39, 0.29) is 5.56 Å². The van der Waals surface area contributed by atoms with Crippen molar-refractivity contribution in [3.05, 3.63) is 35.4 Å². The molecule has 1 amide bonds. The molecule has 0 saturated carbocycles. The minimum Gasteiger partial charge on any atom is -0.444 e. The first-order valence-corrected chi connectivity index (χ1v) is 6.89. The molecule has 0 radical (unpaired) electrons. The Morgan fingerprint density at radius 3 is 2.13 bits per heavy atom. The minimum absolute atomic E-state index is 0.213. The van der Waals surface area contributed by atoms with E-state index in [1.54, 1.807) is 20.8 Å². The molecule has 0 spiro atoms. The Morgan fingerprint density at radius 1 is 1.22 bits per heavy atom. The number of hydrogen-bond acceptors (Lipinski definition) is 4. The highest BCUT2D eigenvalue weighted by Gasteiger charge is 2.31. The zero-order valence-corrected chi connectivity index (χ0v) is 13.0. The van der Waals surface area contributed by atoms with Gasteiger partial charge >= 0.3 is 12.3 Å². The average Bonchev–Trinajstić information content (AvgIpc) is 2.41. The van der Waals surface area contributed by atoms with Gasteiger partial charge in [0.2, 0.25) is 0 Å². The molecule has 8 heteroatoms. The maximum absolute atomic E-state index is 12.6. The quantitative estimate of drug-likeness (QED) is 0.790. The number of nitrogens with one attached hydrogen (secondary N) is 1. The standard InChI is InChI=1S/C15H20F3NO4/c1-14(2,3)23-13(22)19-12(11(21)8-20)9-4-6-10(7-5-9)15(16,17)18/h4-7,11-12,20-21H,8H2,1-3H3,(H,19,22)/t11-,12-/m0/s1. The molecule has 3 N–H and O–H groups in total. The van der Waals surface area contributed by atoms with Crippen LogP contribution < -0.4 is 5.32 Å². The first kappa shape index (κ1) is 19.2. The monoisotopic (exact) mass is 335 g/mol. The normalized spacial score (nSPS) is 15.0. The number of carbonyl (C=O) groups is 1. The molecule has 130 valence electrons. The molecule has 0 saturated heterocycles. The van der Waals surface area contributed by atoms with Crippen molar-refractivity contribution in [2.45, 2.75) is 44.7 Å². The number of benzene rings is 1. The highest BCUT2D eigenvalue weighted by Crippen LogP contribution is 2.30. The third-order valence-electron chi connectivity index (χ3n) is 2.84. The van der Waals surface area contributed by atoms with Crippen LogP contribution in [0.15, 0.2) is 24.3 Å². The number of rotatable bonds is 4. The first-order valence-electron chi connectivity index (χ1n) is 6.89. The molecule has 0 aliphatic heterocycles. The van der Waals surface area contributed by atoms with E-state index in [4.69, 9.17) is 9.84 Å². The number of halogens is 3. The van der Waals surface area contributed by atoms with Crippen molar-refractivity contribution in [3.8, 4) is 0 Å². The van der Waals surface area contributed by atoms with E-state index >= 15 is 0 Å².